The molecular weight excluding hydrogens is 424 g/mol. The molecule has 6 nitrogen and oxygen atoms in total. The van der Waals surface area contributed by atoms with Gasteiger partial charge in [0.2, 0.25) is 11.8 Å². The van der Waals surface area contributed by atoms with Crippen molar-refractivity contribution in [2.75, 3.05) is 25.7 Å². The van der Waals surface area contributed by atoms with Crippen LogP contribution in [0.4, 0.5) is 5.69 Å². The van der Waals surface area contributed by atoms with Crippen LogP contribution in [0.2, 0.25) is 0 Å². The highest BCUT2D eigenvalue weighted by Crippen LogP contribution is 2.36. The van der Waals surface area contributed by atoms with Crippen LogP contribution in [0.15, 0.2) is 46.9 Å². The number of halogens is 1. The van der Waals surface area contributed by atoms with Crippen LogP contribution in [0.25, 0.3) is 0 Å². The maximum Gasteiger partial charge on any atom is 0.227 e. The molecule has 0 bridgehead atoms. The van der Waals surface area contributed by atoms with Crippen molar-refractivity contribution in [1.29, 1.82) is 0 Å². The molecule has 7 heteroatoms. The standard InChI is InChI=1S/C21H23BrN2O4/c1-13(14-4-6-16(22)7-5-14)23-21(26)15-10-20(25)24(12-15)18-9-8-17(27-2)11-19(18)28-3/h4-9,11,13,15H,10,12H2,1-3H3,(H,23,26). The van der Waals surface area contributed by atoms with Gasteiger partial charge in [-0.3, -0.25) is 9.59 Å². The van der Waals surface area contributed by atoms with E-state index in [9.17, 15) is 9.59 Å². The maximum absolute atomic E-state index is 12.7. The molecule has 148 valence electrons. The van der Waals surface area contributed by atoms with E-state index in [-0.39, 0.29) is 24.3 Å². The van der Waals surface area contributed by atoms with Crippen molar-refractivity contribution in [2.45, 2.75) is 19.4 Å². The number of ether oxygens (including phenoxy) is 2. The zero-order valence-corrected chi connectivity index (χ0v) is 17.7. The Balaban J connectivity index is 1.70. The average molecular weight is 447 g/mol. The molecule has 2 atom stereocenters. The van der Waals surface area contributed by atoms with Crippen molar-refractivity contribution in [1.82, 2.24) is 5.32 Å². The van der Waals surface area contributed by atoms with Crippen molar-refractivity contribution in [3.8, 4) is 11.5 Å². The zero-order chi connectivity index (χ0) is 20.3. The predicted molar refractivity (Wildman–Crippen MR) is 111 cm³/mol. The van der Waals surface area contributed by atoms with E-state index in [1.807, 2.05) is 31.2 Å². The second-order valence-electron chi connectivity index (χ2n) is 6.72. The number of carbonyl (C=O) groups is 2. The van der Waals surface area contributed by atoms with Crippen LogP contribution < -0.4 is 19.7 Å². The SMILES string of the molecule is COc1ccc(N2CC(C(=O)NC(C)c3ccc(Br)cc3)CC2=O)c(OC)c1. The average Bonchev–Trinajstić information content (AvgIpc) is 3.09. The van der Waals surface area contributed by atoms with Crippen LogP contribution in [0.1, 0.15) is 24.9 Å². The van der Waals surface area contributed by atoms with Crippen LogP contribution in [0, 0.1) is 5.92 Å². The predicted octanol–water partition coefficient (Wildman–Crippen LogP) is 3.70. The van der Waals surface area contributed by atoms with E-state index < -0.39 is 5.92 Å². The van der Waals surface area contributed by atoms with Crippen LogP contribution in [0.5, 0.6) is 11.5 Å². The molecule has 28 heavy (non-hydrogen) atoms. The van der Waals surface area contributed by atoms with Gasteiger partial charge in [-0.2, -0.15) is 0 Å². The summed E-state index contributed by atoms with van der Waals surface area (Å²) in [6.07, 6.45) is 0.175. The summed E-state index contributed by atoms with van der Waals surface area (Å²) in [5.41, 5.74) is 1.65. The first-order chi connectivity index (χ1) is 13.4. The first-order valence-electron chi connectivity index (χ1n) is 9.01. The second kappa shape index (κ2) is 8.65. The Morgan fingerprint density at radius 3 is 2.54 bits per heavy atom. The lowest BCUT2D eigenvalue weighted by Gasteiger charge is -2.21. The molecule has 2 unspecified atom stereocenters. The fourth-order valence-electron chi connectivity index (χ4n) is 3.29. The number of nitrogens with one attached hydrogen (secondary N) is 1. The molecule has 2 aromatic rings. The highest BCUT2D eigenvalue weighted by atomic mass is 79.9. The summed E-state index contributed by atoms with van der Waals surface area (Å²) in [4.78, 5) is 26.9. The number of amides is 2. The topological polar surface area (TPSA) is 67.9 Å². The van der Waals surface area contributed by atoms with E-state index in [4.69, 9.17) is 9.47 Å². The molecule has 3 rings (SSSR count). The van der Waals surface area contributed by atoms with Gasteiger partial charge in [0.05, 0.1) is 31.9 Å². The molecule has 1 heterocycles. The molecule has 1 aliphatic heterocycles. The molecule has 1 fully saturated rings. The first kappa shape index (κ1) is 20.2. The van der Waals surface area contributed by atoms with E-state index in [0.717, 1.165) is 10.0 Å². The third-order valence-electron chi connectivity index (χ3n) is 4.90. The molecule has 0 aliphatic carbocycles. The summed E-state index contributed by atoms with van der Waals surface area (Å²) in [6.45, 7) is 2.25. The third kappa shape index (κ3) is 4.30. The monoisotopic (exact) mass is 446 g/mol. The van der Waals surface area contributed by atoms with E-state index in [2.05, 4.69) is 21.2 Å². The molecule has 0 radical (unpaired) electrons. The molecule has 0 aromatic heterocycles. The summed E-state index contributed by atoms with van der Waals surface area (Å²) in [5, 5.41) is 3.01. The van der Waals surface area contributed by atoms with Gasteiger partial charge in [-0.25, -0.2) is 0 Å². The lowest BCUT2D eigenvalue weighted by Crippen LogP contribution is -2.34. The van der Waals surface area contributed by atoms with Crippen LogP contribution in [-0.2, 0) is 9.59 Å². The van der Waals surface area contributed by atoms with Gasteiger partial charge in [-0.1, -0.05) is 28.1 Å². The minimum Gasteiger partial charge on any atom is -0.497 e. The normalized spacial score (nSPS) is 17.4. The van der Waals surface area contributed by atoms with Gasteiger partial charge < -0.3 is 19.7 Å². The number of rotatable bonds is 6. The third-order valence-corrected chi connectivity index (χ3v) is 5.43. The summed E-state index contributed by atoms with van der Waals surface area (Å²) in [5.74, 6) is 0.553. The number of hydrogen-bond acceptors (Lipinski definition) is 4. The Kier molecular flexibility index (Phi) is 6.24. The number of carbonyl (C=O) groups excluding carboxylic acids is 2. The van der Waals surface area contributed by atoms with Crippen LogP contribution >= 0.6 is 15.9 Å². The van der Waals surface area contributed by atoms with Gasteiger partial charge in [-0.05, 0) is 36.8 Å². The van der Waals surface area contributed by atoms with E-state index in [1.165, 1.54) is 0 Å². The molecule has 1 saturated heterocycles. The van der Waals surface area contributed by atoms with Crippen molar-refractivity contribution in [3.63, 3.8) is 0 Å². The molecular formula is C21H23BrN2O4. The Morgan fingerprint density at radius 2 is 1.89 bits per heavy atom. The summed E-state index contributed by atoms with van der Waals surface area (Å²) >= 11 is 3.41. The van der Waals surface area contributed by atoms with Crippen LogP contribution in [-0.4, -0.2) is 32.6 Å². The zero-order valence-electron chi connectivity index (χ0n) is 16.1. The smallest absolute Gasteiger partial charge is 0.227 e. The molecule has 2 amide bonds. The second-order valence-corrected chi connectivity index (χ2v) is 7.64. The molecule has 2 aromatic carbocycles. The number of hydrogen-bond donors (Lipinski definition) is 1. The lowest BCUT2D eigenvalue weighted by molar-refractivity contribution is -0.126. The number of benzene rings is 2. The minimum absolute atomic E-state index is 0.0973. The highest BCUT2D eigenvalue weighted by Gasteiger charge is 2.36. The van der Waals surface area contributed by atoms with Gasteiger partial charge in [0, 0.05) is 23.5 Å². The van der Waals surface area contributed by atoms with Crippen molar-refractivity contribution < 1.29 is 19.1 Å². The summed E-state index contributed by atoms with van der Waals surface area (Å²) < 4.78 is 11.6. The molecule has 0 spiro atoms. The Hall–Kier alpha value is -2.54. The molecule has 0 saturated carbocycles. The lowest BCUT2D eigenvalue weighted by atomic mass is 10.1. The van der Waals surface area contributed by atoms with Gasteiger partial charge in [0.25, 0.3) is 0 Å². The number of anilines is 1. The Labute approximate surface area is 172 Å². The highest BCUT2D eigenvalue weighted by molar-refractivity contribution is 9.10. The van der Waals surface area contributed by atoms with E-state index in [0.29, 0.717) is 23.7 Å². The Bertz CT molecular complexity index is 869. The van der Waals surface area contributed by atoms with Crippen LogP contribution in [0.3, 0.4) is 0 Å². The largest absolute Gasteiger partial charge is 0.497 e. The van der Waals surface area contributed by atoms with E-state index in [1.54, 1.807) is 37.3 Å². The van der Waals surface area contributed by atoms with Crippen molar-refractivity contribution in [2.24, 2.45) is 5.92 Å². The van der Waals surface area contributed by atoms with Gasteiger partial charge in [-0.15, -0.1) is 0 Å². The van der Waals surface area contributed by atoms with E-state index >= 15 is 0 Å². The molecule has 1 N–H and O–H groups in total. The van der Waals surface area contributed by atoms with Gasteiger partial charge in [0.1, 0.15) is 11.5 Å². The van der Waals surface area contributed by atoms with Crippen molar-refractivity contribution >= 4 is 33.4 Å². The van der Waals surface area contributed by atoms with Crippen molar-refractivity contribution in [3.05, 3.63) is 52.5 Å². The fraction of sp³-hybridized carbons (Fsp3) is 0.333. The number of nitrogens with zero attached hydrogens (tertiary/aromatic N) is 1. The summed E-state index contributed by atoms with van der Waals surface area (Å²) in [7, 11) is 3.12. The summed E-state index contributed by atoms with van der Waals surface area (Å²) in [6, 6.07) is 12.9. The maximum atomic E-state index is 12.7. The fourth-order valence-corrected chi connectivity index (χ4v) is 3.55. The molecule has 1 aliphatic rings. The quantitative estimate of drug-likeness (QED) is 0.734. The first-order valence-corrected chi connectivity index (χ1v) is 9.80. The van der Waals surface area contributed by atoms with Gasteiger partial charge >= 0.3 is 0 Å². The minimum atomic E-state index is -0.405. The van der Waals surface area contributed by atoms with Gasteiger partial charge in [0.15, 0.2) is 0 Å². The number of methoxy groups -OCH3 is 2. The Morgan fingerprint density at radius 1 is 1.18 bits per heavy atom.